The summed E-state index contributed by atoms with van der Waals surface area (Å²) in [5.41, 5.74) is 2.74. The summed E-state index contributed by atoms with van der Waals surface area (Å²) < 4.78 is 11.3. The molecule has 27 heavy (non-hydrogen) atoms. The van der Waals surface area contributed by atoms with Crippen LogP contribution in [0, 0.1) is 11.3 Å². The molecule has 0 saturated carbocycles. The van der Waals surface area contributed by atoms with Gasteiger partial charge < -0.3 is 19.7 Å². The minimum absolute atomic E-state index is 0.228. The summed E-state index contributed by atoms with van der Waals surface area (Å²) in [7, 11) is 1.65. The fraction of sp³-hybridized carbons (Fsp3) is 0.727. The highest BCUT2D eigenvalue weighted by molar-refractivity contribution is 5.49. The van der Waals surface area contributed by atoms with Gasteiger partial charge in [0.15, 0.2) is 11.5 Å². The van der Waals surface area contributed by atoms with E-state index in [0.29, 0.717) is 17.4 Å². The minimum atomic E-state index is -0.519. The van der Waals surface area contributed by atoms with E-state index in [1.807, 2.05) is 0 Å². The van der Waals surface area contributed by atoms with Crippen molar-refractivity contribution in [3.05, 3.63) is 23.3 Å². The first-order valence-corrected chi connectivity index (χ1v) is 10.1. The van der Waals surface area contributed by atoms with Gasteiger partial charge in [-0.1, -0.05) is 20.8 Å². The summed E-state index contributed by atoms with van der Waals surface area (Å²) in [5, 5.41) is 20.3. The number of hydrogen-bond donors (Lipinski definition) is 2. The van der Waals surface area contributed by atoms with Gasteiger partial charge in [0.2, 0.25) is 0 Å². The van der Waals surface area contributed by atoms with Crippen LogP contribution in [0.15, 0.2) is 12.1 Å². The number of aliphatic hydroxyl groups excluding tert-OH is 2. The highest BCUT2D eigenvalue weighted by Crippen LogP contribution is 2.44. The monoisotopic (exact) mass is 377 g/mol. The molecule has 0 amide bonds. The fourth-order valence-corrected chi connectivity index (χ4v) is 4.57. The molecule has 3 rings (SSSR count). The molecule has 2 N–H and O–H groups in total. The van der Waals surface area contributed by atoms with Crippen LogP contribution in [0.25, 0.3) is 0 Å². The average Bonchev–Trinajstić information content (AvgIpc) is 2.58. The van der Waals surface area contributed by atoms with E-state index in [1.165, 1.54) is 11.1 Å². The molecule has 1 aromatic carbocycles. The van der Waals surface area contributed by atoms with Crippen molar-refractivity contribution in [3.8, 4) is 11.5 Å². The predicted molar refractivity (Wildman–Crippen MR) is 106 cm³/mol. The summed E-state index contributed by atoms with van der Waals surface area (Å²) in [6.07, 6.45) is 1.99. The van der Waals surface area contributed by atoms with Crippen LogP contribution in [-0.4, -0.2) is 54.1 Å². The number of piperidine rings is 1. The van der Waals surface area contributed by atoms with Gasteiger partial charge in [0, 0.05) is 19.1 Å². The number of benzene rings is 1. The summed E-state index contributed by atoms with van der Waals surface area (Å²) in [6.45, 7) is 10.7. The van der Waals surface area contributed by atoms with E-state index in [9.17, 15) is 10.2 Å². The number of ether oxygens (including phenoxy) is 2. The molecule has 1 fully saturated rings. The van der Waals surface area contributed by atoms with Crippen LogP contribution in [0.1, 0.15) is 57.7 Å². The van der Waals surface area contributed by atoms with Crippen molar-refractivity contribution in [2.45, 2.75) is 65.2 Å². The summed E-state index contributed by atoms with van der Waals surface area (Å²) in [6, 6.07) is 4.36. The first-order chi connectivity index (χ1) is 12.7. The second-order valence-corrected chi connectivity index (χ2v) is 9.45. The Kier molecular flexibility index (Phi) is 6.04. The Morgan fingerprint density at radius 2 is 2.00 bits per heavy atom. The highest BCUT2D eigenvalue weighted by Gasteiger charge is 2.39. The van der Waals surface area contributed by atoms with Gasteiger partial charge in [-0.2, -0.15) is 0 Å². The zero-order valence-corrected chi connectivity index (χ0v) is 17.4. The molecule has 4 atom stereocenters. The van der Waals surface area contributed by atoms with Crippen molar-refractivity contribution in [1.82, 2.24) is 4.90 Å². The molecule has 0 aromatic heterocycles. The van der Waals surface area contributed by atoms with Crippen LogP contribution < -0.4 is 9.47 Å². The molecule has 0 aliphatic carbocycles. The van der Waals surface area contributed by atoms with E-state index in [4.69, 9.17) is 9.47 Å². The minimum Gasteiger partial charge on any atom is -0.493 e. The molecule has 5 heteroatoms. The molecule has 1 saturated heterocycles. The van der Waals surface area contributed by atoms with E-state index in [0.717, 1.165) is 32.4 Å². The third-order valence-corrected chi connectivity index (χ3v) is 5.73. The molecule has 152 valence electrons. The molecule has 5 nitrogen and oxygen atoms in total. The first kappa shape index (κ1) is 20.4. The first-order valence-electron chi connectivity index (χ1n) is 10.1. The highest BCUT2D eigenvalue weighted by atomic mass is 16.5. The number of rotatable bonds is 5. The quantitative estimate of drug-likeness (QED) is 0.825. The van der Waals surface area contributed by atoms with Crippen LogP contribution in [0.4, 0.5) is 0 Å². The smallest absolute Gasteiger partial charge is 0.161 e. The van der Waals surface area contributed by atoms with E-state index < -0.39 is 6.10 Å². The van der Waals surface area contributed by atoms with Crippen LogP contribution in [0.3, 0.4) is 0 Å². The maximum atomic E-state index is 10.8. The van der Waals surface area contributed by atoms with Crippen molar-refractivity contribution in [2.24, 2.45) is 11.3 Å². The number of hydrogen-bond acceptors (Lipinski definition) is 5. The largest absolute Gasteiger partial charge is 0.493 e. The number of methoxy groups -OCH3 is 1. The second kappa shape index (κ2) is 7.98. The van der Waals surface area contributed by atoms with E-state index in [1.54, 1.807) is 14.0 Å². The lowest BCUT2D eigenvalue weighted by Crippen LogP contribution is -2.48. The zero-order valence-electron chi connectivity index (χ0n) is 17.4. The van der Waals surface area contributed by atoms with Crippen molar-refractivity contribution >= 4 is 0 Å². The molecule has 2 aliphatic rings. The lowest BCUT2D eigenvalue weighted by molar-refractivity contribution is -0.0259. The standard InChI is InChI=1S/C22H35NO4/c1-14(24)13-27-21-8-15-6-7-23-12-16(11-22(2,3)4)19(25)10-18(23)17(15)9-20(21)26-5/h8-9,14,16,18-19,24-25H,6-7,10-13H2,1-5H3/t14?,16-,18-,19-/m1/s1. The second-order valence-electron chi connectivity index (χ2n) is 9.45. The molecule has 1 aromatic rings. The van der Waals surface area contributed by atoms with Gasteiger partial charge in [0.05, 0.1) is 19.3 Å². The Morgan fingerprint density at radius 3 is 2.63 bits per heavy atom. The average molecular weight is 378 g/mol. The molecule has 0 radical (unpaired) electrons. The fourth-order valence-electron chi connectivity index (χ4n) is 4.57. The van der Waals surface area contributed by atoms with E-state index >= 15 is 0 Å². The van der Waals surface area contributed by atoms with Crippen molar-refractivity contribution < 1.29 is 19.7 Å². The number of nitrogens with zero attached hydrogens (tertiary/aromatic N) is 1. The maximum absolute atomic E-state index is 10.8. The number of fused-ring (bicyclic) bond motifs is 3. The maximum Gasteiger partial charge on any atom is 0.161 e. The predicted octanol–water partition coefficient (Wildman–Crippen LogP) is 3.17. The van der Waals surface area contributed by atoms with Gasteiger partial charge in [-0.15, -0.1) is 0 Å². The summed E-state index contributed by atoms with van der Waals surface area (Å²) in [5.74, 6) is 1.72. The Morgan fingerprint density at radius 1 is 1.26 bits per heavy atom. The SMILES string of the molecule is COc1cc2c(cc1OCC(C)O)CCN1C[C@@H](CC(C)(C)C)[C@H](O)C[C@H]21. The molecular weight excluding hydrogens is 342 g/mol. The Hall–Kier alpha value is -1.30. The van der Waals surface area contributed by atoms with E-state index in [2.05, 4.69) is 37.8 Å². The van der Waals surface area contributed by atoms with Crippen LogP contribution in [0.5, 0.6) is 11.5 Å². The molecule has 2 heterocycles. The lowest BCUT2D eigenvalue weighted by Gasteiger charge is -2.47. The van der Waals surface area contributed by atoms with Gasteiger partial charge in [0.1, 0.15) is 6.61 Å². The van der Waals surface area contributed by atoms with Gasteiger partial charge in [-0.3, -0.25) is 4.90 Å². The Bertz CT molecular complexity index is 652. The summed E-state index contributed by atoms with van der Waals surface area (Å²) in [4.78, 5) is 2.53. The zero-order chi connectivity index (χ0) is 19.8. The summed E-state index contributed by atoms with van der Waals surface area (Å²) >= 11 is 0. The van der Waals surface area contributed by atoms with Crippen LogP contribution in [-0.2, 0) is 6.42 Å². The van der Waals surface area contributed by atoms with E-state index in [-0.39, 0.29) is 24.2 Å². The molecule has 1 unspecified atom stereocenters. The normalized spacial score (nSPS) is 26.9. The molecule has 0 bridgehead atoms. The van der Waals surface area contributed by atoms with Crippen molar-refractivity contribution in [3.63, 3.8) is 0 Å². The Balaban J connectivity index is 1.82. The topological polar surface area (TPSA) is 62.2 Å². The molecular formula is C22H35NO4. The van der Waals surface area contributed by atoms with Crippen LogP contribution >= 0.6 is 0 Å². The molecule has 0 spiro atoms. The Labute approximate surface area is 163 Å². The van der Waals surface area contributed by atoms with Gasteiger partial charge in [-0.05, 0) is 60.8 Å². The number of aliphatic hydroxyl groups is 2. The van der Waals surface area contributed by atoms with Crippen LogP contribution in [0.2, 0.25) is 0 Å². The van der Waals surface area contributed by atoms with Gasteiger partial charge in [0.25, 0.3) is 0 Å². The lowest BCUT2D eigenvalue weighted by atomic mass is 9.75. The van der Waals surface area contributed by atoms with Gasteiger partial charge in [-0.25, -0.2) is 0 Å². The van der Waals surface area contributed by atoms with Crippen molar-refractivity contribution in [2.75, 3.05) is 26.8 Å². The third kappa shape index (κ3) is 4.76. The van der Waals surface area contributed by atoms with Crippen molar-refractivity contribution in [1.29, 1.82) is 0 Å². The third-order valence-electron chi connectivity index (χ3n) is 5.73. The molecule has 2 aliphatic heterocycles. The van der Waals surface area contributed by atoms with Gasteiger partial charge >= 0.3 is 0 Å².